The fraction of sp³-hybridized carbons (Fsp3) is 0.500. The molecule has 2 amide bonds. The van der Waals surface area contributed by atoms with Gasteiger partial charge >= 0.3 is 11.9 Å². The van der Waals surface area contributed by atoms with Crippen molar-refractivity contribution in [3.05, 3.63) is 59.2 Å². The predicted octanol–water partition coefficient (Wildman–Crippen LogP) is 5.84. The molecule has 0 unspecified atom stereocenters. The molecule has 0 aliphatic carbocycles. The van der Waals surface area contributed by atoms with Gasteiger partial charge in [0.15, 0.2) is 0 Å². The summed E-state index contributed by atoms with van der Waals surface area (Å²) in [6.45, 7) is 9.07. The molecule has 0 spiro atoms. The van der Waals surface area contributed by atoms with Crippen LogP contribution in [-0.4, -0.2) is 80.8 Å². The average Bonchev–Trinajstić information content (AvgIpc) is 3.95. The lowest BCUT2D eigenvalue weighted by atomic mass is 9.91. The Hall–Kier alpha value is -5.18. The van der Waals surface area contributed by atoms with E-state index in [1.807, 2.05) is 73.9 Å². The number of hydrogen-bond donors (Lipinski definition) is 2. The number of aromatic nitrogens is 4. The molecule has 2 N–H and O–H groups in total. The number of benzene rings is 2. The van der Waals surface area contributed by atoms with Crippen molar-refractivity contribution in [2.24, 2.45) is 23.7 Å². The van der Waals surface area contributed by atoms with Crippen LogP contribution in [0.5, 0.6) is 0 Å². The van der Waals surface area contributed by atoms with Crippen molar-refractivity contribution in [3.63, 3.8) is 0 Å². The first kappa shape index (κ1) is 36.6. The number of likely N-dealkylation sites (tertiary alicyclic amines) is 2. The second-order valence-electron chi connectivity index (χ2n) is 14.6. The third-order valence-corrected chi connectivity index (χ3v) is 10.5. The topological polar surface area (TPSA) is 151 Å². The van der Waals surface area contributed by atoms with E-state index in [-0.39, 0.29) is 60.5 Å². The molecule has 12 nitrogen and oxygen atoms in total. The molecular weight excluding hydrogens is 660 g/mol. The summed E-state index contributed by atoms with van der Waals surface area (Å²) in [4.78, 5) is 71.6. The summed E-state index contributed by atoms with van der Waals surface area (Å²) in [5.74, 6) is 6.26. The Morgan fingerprint density at radius 1 is 0.712 bits per heavy atom. The third kappa shape index (κ3) is 7.69. The Labute approximate surface area is 304 Å². The van der Waals surface area contributed by atoms with Crippen molar-refractivity contribution >= 4 is 45.8 Å². The molecule has 4 heterocycles. The van der Waals surface area contributed by atoms with Gasteiger partial charge in [-0.1, -0.05) is 39.5 Å². The first-order chi connectivity index (χ1) is 25.0. The van der Waals surface area contributed by atoms with Gasteiger partial charge in [-0.05, 0) is 73.9 Å². The zero-order valence-corrected chi connectivity index (χ0v) is 30.8. The van der Waals surface area contributed by atoms with Crippen LogP contribution >= 0.6 is 0 Å². The largest absolute Gasteiger partial charge is 0.469 e. The molecule has 0 radical (unpaired) electrons. The van der Waals surface area contributed by atoms with Crippen molar-refractivity contribution in [2.75, 3.05) is 27.3 Å². The molecule has 2 aliphatic heterocycles. The molecule has 2 aliphatic rings. The number of nitrogens with zero attached hydrogens (tertiary/aromatic N) is 4. The summed E-state index contributed by atoms with van der Waals surface area (Å²) in [5, 5.41) is 0. The molecule has 4 atom stereocenters. The SMILES string of the molecule is COC(=O)C[C@H](C(=O)N1CCC[C@H]1c1nc2ccc(C#Cc3ccc4nc([C@@H]5CCCN5C(=O)[C@@H](CC(=O)OC)C(C)C)[nH]c4c3)cc2[nH]1)C(C)C. The van der Waals surface area contributed by atoms with Crippen LogP contribution in [0.1, 0.15) is 101 Å². The van der Waals surface area contributed by atoms with Crippen LogP contribution in [-0.2, 0) is 28.7 Å². The van der Waals surface area contributed by atoms with Crippen LogP contribution in [0.25, 0.3) is 22.1 Å². The van der Waals surface area contributed by atoms with Gasteiger partial charge in [-0.25, -0.2) is 9.97 Å². The summed E-state index contributed by atoms with van der Waals surface area (Å²) in [6, 6.07) is 11.3. The average molecular weight is 709 g/mol. The zero-order chi connectivity index (χ0) is 37.1. The Bertz CT molecular complexity index is 1890. The first-order valence-corrected chi connectivity index (χ1v) is 18.2. The number of methoxy groups -OCH3 is 2. The van der Waals surface area contributed by atoms with Gasteiger partial charge in [-0.2, -0.15) is 0 Å². The normalized spacial score (nSPS) is 18.5. The quantitative estimate of drug-likeness (QED) is 0.154. The molecule has 52 heavy (non-hydrogen) atoms. The maximum atomic E-state index is 13.6. The van der Waals surface area contributed by atoms with Gasteiger partial charge in [0.1, 0.15) is 11.6 Å². The molecule has 12 heteroatoms. The maximum absolute atomic E-state index is 13.6. The predicted molar refractivity (Wildman–Crippen MR) is 195 cm³/mol. The van der Waals surface area contributed by atoms with E-state index >= 15 is 0 Å². The smallest absolute Gasteiger partial charge is 0.306 e. The Morgan fingerprint density at radius 3 is 1.48 bits per heavy atom. The second kappa shape index (κ2) is 15.6. The molecule has 4 aromatic rings. The van der Waals surface area contributed by atoms with Crippen molar-refractivity contribution in [2.45, 2.75) is 78.3 Å². The number of amides is 2. The summed E-state index contributed by atoms with van der Waals surface area (Å²) < 4.78 is 9.72. The van der Waals surface area contributed by atoms with E-state index in [0.717, 1.165) is 70.5 Å². The molecule has 274 valence electrons. The van der Waals surface area contributed by atoms with Gasteiger partial charge in [0, 0.05) is 24.2 Å². The Kier molecular flexibility index (Phi) is 11.0. The highest BCUT2D eigenvalue weighted by atomic mass is 16.5. The van der Waals surface area contributed by atoms with Crippen LogP contribution in [0.2, 0.25) is 0 Å². The van der Waals surface area contributed by atoms with E-state index in [1.54, 1.807) is 0 Å². The maximum Gasteiger partial charge on any atom is 0.306 e. The third-order valence-electron chi connectivity index (χ3n) is 10.5. The first-order valence-electron chi connectivity index (χ1n) is 18.2. The van der Waals surface area contributed by atoms with Gasteiger partial charge in [-0.15, -0.1) is 0 Å². The van der Waals surface area contributed by atoms with Crippen molar-refractivity contribution in [1.29, 1.82) is 0 Å². The highest BCUT2D eigenvalue weighted by Crippen LogP contribution is 2.36. The van der Waals surface area contributed by atoms with Gasteiger partial charge in [0.25, 0.3) is 0 Å². The van der Waals surface area contributed by atoms with Gasteiger partial charge in [0.2, 0.25) is 11.8 Å². The number of fused-ring (bicyclic) bond motifs is 2. The molecular formula is C40H48N6O6. The van der Waals surface area contributed by atoms with E-state index in [9.17, 15) is 19.2 Å². The minimum Gasteiger partial charge on any atom is -0.469 e. The van der Waals surface area contributed by atoms with Gasteiger partial charge in [-0.3, -0.25) is 19.2 Å². The minimum atomic E-state index is -0.449. The monoisotopic (exact) mass is 708 g/mol. The molecule has 0 bridgehead atoms. The summed E-state index contributed by atoms with van der Waals surface area (Å²) >= 11 is 0. The lowest BCUT2D eigenvalue weighted by Gasteiger charge is -2.29. The van der Waals surface area contributed by atoms with Crippen LogP contribution in [0.15, 0.2) is 36.4 Å². The fourth-order valence-corrected chi connectivity index (χ4v) is 7.47. The van der Waals surface area contributed by atoms with E-state index in [0.29, 0.717) is 13.1 Å². The Morgan fingerprint density at radius 2 is 1.12 bits per heavy atom. The van der Waals surface area contributed by atoms with E-state index in [4.69, 9.17) is 19.4 Å². The highest BCUT2D eigenvalue weighted by Gasteiger charge is 2.39. The van der Waals surface area contributed by atoms with Crippen LogP contribution < -0.4 is 0 Å². The minimum absolute atomic E-state index is 0.00269. The number of nitrogens with one attached hydrogen (secondary N) is 2. The van der Waals surface area contributed by atoms with E-state index in [2.05, 4.69) is 21.8 Å². The number of imidazole rings is 2. The number of carbonyl (C=O) groups is 4. The summed E-state index contributed by atoms with van der Waals surface area (Å²) in [6.07, 6.45) is 3.44. The van der Waals surface area contributed by atoms with Crippen molar-refractivity contribution < 1.29 is 28.7 Å². The zero-order valence-electron chi connectivity index (χ0n) is 30.8. The standard InChI is InChI=1S/C40H48N6O6/c1-23(2)27(21-35(47)51-5)39(49)45-17-7-9-33(45)37-41-29-15-13-25(19-31(29)43-37)11-12-26-14-16-30-32(20-26)44-38(42-30)34-10-8-18-46(34)40(50)28(24(3)4)22-36(48)52-6/h13-16,19-20,23-24,27-28,33-34H,7-10,17-18,21-22H2,1-6H3,(H,41,43)(H,42,44)/t27-,28-,33-,34-/m0/s1. The number of aromatic amines is 2. The number of H-pyrrole nitrogens is 2. The summed E-state index contributed by atoms with van der Waals surface area (Å²) in [7, 11) is 2.69. The summed E-state index contributed by atoms with van der Waals surface area (Å²) in [5.41, 5.74) is 4.91. The highest BCUT2D eigenvalue weighted by molar-refractivity contribution is 5.86. The molecule has 2 aromatic carbocycles. The van der Waals surface area contributed by atoms with Crippen molar-refractivity contribution in [3.8, 4) is 11.8 Å². The van der Waals surface area contributed by atoms with E-state index < -0.39 is 11.8 Å². The number of hydrogen-bond acceptors (Lipinski definition) is 8. The number of ether oxygens (including phenoxy) is 2. The second-order valence-corrected chi connectivity index (χ2v) is 14.6. The molecule has 2 saturated heterocycles. The molecule has 2 aromatic heterocycles. The molecule has 0 saturated carbocycles. The van der Waals surface area contributed by atoms with Crippen LogP contribution in [0, 0.1) is 35.5 Å². The molecule has 6 rings (SSSR count). The number of esters is 2. The number of rotatable bonds is 10. The Balaban J connectivity index is 1.17. The van der Waals surface area contributed by atoms with Crippen LogP contribution in [0.3, 0.4) is 0 Å². The van der Waals surface area contributed by atoms with Gasteiger partial charge in [0.05, 0.1) is 73.0 Å². The fourth-order valence-electron chi connectivity index (χ4n) is 7.47. The van der Waals surface area contributed by atoms with Crippen LogP contribution in [0.4, 0.5) is 0 Å². The lowest BCUT2D eigenvalue weighted by Crippen LogP contribution is -2.39. The van der Waals surface area contributed by atoms with E-state index in [1.165, 1.54) is 14.2 Å². The molecule has 2 fully saturated rings. The number of carbonyl (C=O) groups excluding carboxylic acids is 4. The van der Waals surface area contributed by atoms with Crippen molar-refractivity contribution in [1.82, 2.24) is 29.7 Å². The van der Waals surface area contributed by atoms with Gasteiger partial charge < -0.3 is 29.2 Å². The lowest BCUT2D eigenvalue weighted by molar-refractivity contribution is -0.148.